The first kappa shape index (κ1) is 13.6. The van der Waals surface area contributed by atoms with Gasteiger partial charge in [-0.05, 0) is 47.9 Å². The van der Waals surface area contributed by atoms with Gasteiger partial charge in [0.2, 0.25) is 0 Å². The molecule has 2 aromatic rings. The molecule has 0 aliphatic heterocycles. The van der Waals surface area contributed by atoms with Gasteiger partial charge in [-0.3, -0.25) is 0 Å². The van der Waals surface area contributed by atoms with Crippen molar-refractivity contribution in [2.24, 2.45) is 0 Å². The lowest BCUT2D eigenvalue weighted by atomic mass is 10.0. The minimum absolute atomic E-state index is 0.514. The third-order valence-corrected chi connectivity index (χ3v) is 3.46. The Morgan fingerprint density at radius 3 is 2.67 bits per heavy atom. The van der Waals surface area contributed by atoms with Crippen molar-refractivity contribution in [1.82, 2.24) is 0 Å². The second-order valence-electron chi connectivity index (χ2n) is 4.41. The molecule has 0 aliphatic rings. The van der Waals surface area contributed by atoms with E-state index in [-0.39, 0.29) is 0 Å². The summed E-state index contributed by atoms with van der Waals surface area (Å²) >= 11 is 9.38. The quantitative estimate of drug-likeness (QED) is 0.868. The number of aliphatic hydroxyl groups is 1. The van der Waals surface area contributed by atoms with Crippen molar-refractivity contribution in [3.63, 3.8) is 0 Å². The van der Waals surface area contributed by atoms with Crippen LogP contribution in [0.2, 0.25) is 5.02 Å². The standard InChI is InChI=1S/C15H14BrClO/c1-10-5-12(9-13(16)6-10)15(18)8-11-3-2-4-14(17)7-11/h2-7,9,15,18H,8H2,1H3. The summed E-state index contributed by atoms with van der Waals surface area (Å²) in [4.78, 5) is 0. The van der Waals surface area contributed by atoms with Gasteiger partial charge in [-0.15, -0.1) is 0 Å². The Morgan fingerprint density at radius 1 is 1.22 bits per heavy atom. The van der Waals surface area contributed by atoms with Gasteiger partial charge in [0.1, 0.15) is 0 Å². The van der Waals surface area contributed by atoms with Crippen LogP contribution in [-0.4, -0.2) is 5.11 Å². The molecule has 94 valence electrons. The maximum atomic E-state index is 10.2. The Morgan fingerprint density at radius 2 is 2.00 bits per heavy atom. The zero-order valence-electron chi connectivity index (χ0n) is 10.0. The van der Waals surface area contributed by atoms with Crippen LogP contribution in [-0.2, 0) is 6.42 Å². The highest BCUT2D eigenvalue weighted by molar-refractivity contribution is 9.10. The van der Waals surface area contributed by atoms with E-state index in [4.69, 9.17) is 11.6 Å². The van der Waals surface area contributed by atoms with Crippen molar-refractivity contribution in [1.29, 1.82) is 0 Å². The number of aryl methyl sites for hydroxylation is 1. The van der Waals surface area contributed by atoms with Crippen LogP contribution in [0.25, 0.3) is 0 Å². The maximum absolute atomic E-state index is 10.2. The van der Waals surface area contributed by atoms with E-state index >= 15 is 0 Å². The van der Waals surface area contributed by atoms with Crippen LogP contribution in [0.5, 0.6) is 0 Å². The first-order valence-corrected chi connectivity index (χ1v) is 6.91. The van der Waals surface area contributed by atoms with Gasteiger partial charge >= 0.3 is 0 Å². The molecule has 1 N–H and O–H groups in total. The SMILES string of the molecule is Cc1cc(Br)cc(C(O)Cc2cccc(Cl)c2)c1. The molecule has 0 saturated heterocycles. The Bertz CT molecular complexity index is 534. The van der Waals surface area contributed by atoms with Gasteiger partial charge in [0.15, 0.2) is 0 Å². The van der Waals surface area contributed by atoms with Gasteiger partial charge in [0, 0.05) is 15.9 Å². The van der Waals surface area contributed by atoms with Crippen LogP contribution in [0, 0.1) is 6.92 Å². The van der Waals surface area contributed by atoms with E-state index in [1.165, 1.54) is 0 Å². The van der Waals surface area contributed by atoms with E-state index in [1.54, 1.807) is 0 Å². The zero-order valence-corrected chi connectivity index (χ0v) is 12.4. The number of aliphatic hydroxyl groups excluding tert-OH is 1. The van der Waals surface area contributed by atoms with Crippen LogP contribution < -0.4 is 0 Å². The fraction of sp³-hybridized carbons (Fsp3) is 0.200. The second kappa shape index (κ2) is 5.87. The van der Waals surface area contributed by atoms with Crippen molar-refractivity contribution in [3.8, 4) is 0 Å². The summed E-state index contributed by atoms with van der Waals surface area (Å²) in [6.07, 6.45) is 0.0517. The van der Waals surface area contributed by atoms with Crippen LogP contribution in [0.15, 0.2) is 46.9 Å². The molecule has 0 fully saturated rings. The number of hydrogen-bond donors (Lipinski definition) is 1. The van der Waals surface area contributed by atoms with Crippen LogP contribution >= 0.6 is 27.5 Å². The summed E-state index contributed by atoms with van der Waals surface area (Å²) in [7, 11) is 0. The van der Waals surface area contributed by atoms with E-state index in [2.05, 4.69) is 15.9 Å². The van der Waals surface area contributed by atoms with Crippen molar-refractivity contribution in [3.05, 3.63) is 68.7 Å². The summed E-state index contributed by atoms with van der Waals surface area (Å²) in [5.41, 5.74) is 3.08. The van der Waals surface area contributed by atoms with Gasteiger partial charge in [-0.2, -0.15) is 0 Å². The lowest BCUT2D eigenvalue weighted by molar-refractivity contribution is 0.178. The Hall–Kier alpha value is -0.830. The Labute approximate surface area is 121 Å². The molecule has 18 heavy (non-hydrogen) atoms. The highest BCUT2D eigenvalue weighted by Gasteiger charge is 2.10. The molecule has 2 rings (SSSR count). The number of halogens is 2. The number of benzene rings is 2. The molecule has 1 atom stereocenters. The highest BCUT2D eigenvalue weighted by Crippen LogP contribution is 2.24. The molecule has 1 nitrogen and oxygen atoms in total. The summed E-state index contributed by atoms with van der Waals surface area (Å²) in [5, 5.41) is 10.9. The van der Waals surface area contributed by atoms with Crippen LogP contribution in [0.3, 0.4) is 0 Å². The lowest BCUT2D eigenvalue weighted by Crippen LogP contribution is -2.02. The molecular weight excluding hydrogens is 312 g/mol. The van der Waals surface area contributed by atoms with Crippen molar-refractivity contribution < 1.29 is 5.11 Å². The number of rotatable bonds is 3. The summed E-state index contributed by atoms with van der Waals surface area (Å²) in [6.45, 7) is 2.01. The largest absolute Gasteiger partial charge is 0.388 e. The topological polar surface area (TPSA) is 20.2 Å². The van der Waals surface area contributed by atoms with Crippen molar-refractivity contribution >= 4 is 27.5 Å². The monoisotopic (exact) mass is 324 g/mol. The molecule has 0 bridgehead atoms. The smallest absolute Gasteiger partial charge is 0.0830 e. The highest BCUT2D eigenvalue weighted by atomic mass is 79.9. The predicted molar refractivity (Wildman–Crippen MR) is 79.0 cm³/mol. The molecule has 0 amide bonds. The second-order valence-corrected chi connectivity index (χ2v) is 5.76. The molecule has 0 aromatic heterocycles. The average molecular weight is 326 g/mol. The summed E-state index contributed by atoms with van der Waals surface area (Å²) < 4.78 is 0.989. The Kier molecular flexibility index (Phi) is 4.44. The Balaban J connectivity index is 2.19. The van der Waals surface area contributed by atoms with Gasteiger partial charge in [-0.1, -0.05) is 45.7 Å². The molecule has 0 spiro atoms. The third kappa shape index (κ3) is 3.58. The molecule has 1 unspecified atom stereocenters. The van der Waals surface area contributed by atoms with E-state index < -0.39 is 6.10 Å². The van der Waals surface area contributed by atoms with Crippen LogP contribution in [0.4, 0.5) is 0 Å². The molecule has 0 aliphatic carbocycles. The fourth-order valence-corrected chi connectivity index (χ4v) is 2.80. The van der Waals surface area contributed by atoms with Crippen molar-refractivity contribution in [2.45, 2.75) is 19.4 Å². The normalized spacial score (nSPS) is 12.4. The summed E-state index contributed by atoms with van der Waals surface area (Å²) in [5.74, 6) is 0. The molecular formula is C15H14BrClO. The average Bonchev–Trinajstić information content (AvgIpc) is 2.27. The van der Waals surface area contributed by atoms with Gasteiger partial charge in [0.25, 0.3) is 0 Å². The third-order valence-electron chi connectivity index (χ3n) is 2.77. The molecule has 2 aromatic carbocycles. The lowest BCUT2D eigenvalue weighted by Gasteiger charge is -2.12. The maximum Gasteiger partial charge on any atom is 0.0830 e. The van der Waals surface area contributed by atoms with Crippen molar-refractivity contribution in [2.75, 3.05) is 0 Å². The van der Waals surface area contributed by atoms with E-state index in [9.17, 15) is 5.11 Å². The minimum Gasteiger partial charge on any atom is -0.388 e. The molecule has 0 saturated carbocycles. The first-order valence-electron chi connectivity index (χ1n) is 5.74. The summed E-state index contributed by atoms with van der Waals surface area (Å²) in [6, 6.07) is 13.6. The van der Waals surface area contributed by atoms with E-state index in [1.807, 2.05) is 49.4 Å². The zero-order chi connectivity index (χ0) is 13.1. The van der Waals surface area contributed by atoms with E-state index in [0.29, 0.717) is 11.4 Å². The predicted octanol–water partition coefficient (Wildman–Crippen LogP) is 4.69. The minimum atomic E-state index is -0.514. The van der Waals surface area contributed by atoms with Gasteiger partial charge in [-0.25, -0.2) is 0 Å². The first-order chi connectivity index (χ1) is 8.54. The van der Waals surface area contributed by atoms with Gasteiger partial charge < -0.3 is 5.11 Å². The van der Waals surface area contributed by atoms with E-state index in [0.717, 1.165) is 21.2 Å². The molecule has 0 heterocycles. The number of hydrogen-bond acceptors (Lipinski definition) is 1. The molecule has 3 heteroatoms. The van der Waals surface area contributed by atoms with Gasteiger partial charge in [0.05, 0.1) is 6.10 Å². The fourth-order valence-electron chi connectivity index (χ4n) is 1.96. The van der Waals surface area contributed by atoms with Crippen LogP contribution in [0.1, 0.15) is 22.8 Å². The molecule has 0 radical (unpaired) electrons.